The Kier molecular flexibility index (Phi) is 4.13. The summed E-state index contributed by atoms with van der Waals surface area (Å²) in [6.07, 6.45) is 1.00. The summed E-state index contributed by atoms with van der Waals surface area (Å²) >= 11 is 5.24. The molecule has 0 bridgehead atoms. The molecular formula is C13H12BrFS. The van der Waals surface area contributed by atoms with Crippen molar-refractivity contribution in [3.63, 3.8) is 0 Å². The average molecular weight is 299 g/mol. The Morgan fingerprint density at radius 1 is 1.19 bits per heavy atom. The lowest BCUT2D eigenvalue weighted by atomic mass is 9.95. The summed E-state index contributed by atoms with van der Waals surface area (Å²) in [5, 5.41) is 5.15. The van der Waals surface area contributed by atoms with Gasteiger partial charge in [-0.2, -0.15) is 11.3 Å². The minimum Gasteiger partial charge on any atom is -0.207 e. The second kappa shape index (κ2) is 5.60. The van der Waals surface area contributed by atoms with Gasteiger partial charge in [0.05, 0.1) is 0 Å². The first-order chi connectivity index (χ1) is 7.79. The van der Waals surface area contributed by atoms with Gasteiger partial charge in [0.15, 0.2) is 0 Å². The van der Waals surface area contributed by atoms with Gasteiger partial charge >= 0.3 is 0 Å². The van der Waals surface area contributed by atoms with E-state index in [1.165, 1.54) is 23.3 Å². The van der Waals surface area contributed by atoms with E-state index in [1.54, 1.807) is 11.3 Å². The lowest BCUT2D eigenvalue weighted by molar-refractivity contribution is 0.625. The molecule has 0 amide bonds. The number of alkyl halides is 1. The Balaban J connectivity index is 2.13. The summed E-state index contributed by atoms with van der Waals surface area (Å²) in [5.74, 6) is 0.239. The Hall–Kier alpha value is -0.670. The first-order valence-electron chi connectivity index (χ1n) is 5.12. The van der Waals surface area contributed by atoms with Gasteiger partial charge in [-0.15, -0.1) is 0 Å². The summed E-state index contributed by atoms with van der Waals surface area (Å²) in [7, 11) is 0. The summed E-state index contributed by atoms with van der Waals surface area (Å²) in [6, 6.07) is 8.93. The highest BCUT2D eigenvalue weighted by Crippen LogP contribution is 2.24. The number of hydrogen-bond acceptors (Lipinski definition) is 1. The lowest BCUT2D eigenvalue weighted by Crippen LogP contribution is -2.03. The molecule has 0 fully saturated rings. The van der Waals surface area contributed by atoms with Gasteiger partial charge in [-0.3, -0.25) is 0 Å². The highest BCUT2D eigenvalue weighted by molar-refractivity contribution is 9.09. The fourth-order valence-corrected chi connectivity index (χ4v) is 2.97. The van der Waals surface area contributed by atoms with Crippen molar-refractivity contribution in [2.75, 3.05) is 5.33 Å². The van der Waals surface area contributed by atoms with Crippen LogP contribution in [0.1, 0.15) is 17.0 Å². The maximum atomic E-state index is 12.8. The fraction of sp³-hybridized carbons (Fsp3) is 0.231. The number of benzene rings is 1. The molecule has 1 aromatic carbocycles. The number of halogens is 2. The van der Waals surface area contributed by atoms with E-state index in [4.69, 9.17) is 0 Å². The van der Waals surface area contributed by atoms with Crippen molar-refractivity contribution in [1.82, 2.24) is 0 Å². The minimum atomic E-state index is -0.174. The number of rotatable bonds is 4. The highest BCUT2D eigenvalue weighted by Gasteiger charge is 2.11. The van der Waals surface area contributed by atoms with Crippen LogP contribution in [0.2, 0.25) is 0 Å². The third-order valence-electron chi connectivity index (χ3n) is 2.59. The Labute approximate surface area is 107 Å². The van der Waals surface area contributed by atoms with Crippen LogP contribution >= 0.6 is 27.3 Å². The Bertz CT molecular complexity index is 422. The van der Waals surface area contributed by atoms with Crippen LogP contribution in [0.15, 0.2) is 41.1 Å². The molecule has 1 heterocycles. The molecule has 0 N–H and O–H groups in total. The van der Waals surface area contributed by atoms with Gasteiger partial charge in [0.25, 0.3) is 0 Å². The van der Waals surface area contributed by atoms with Crippen molar-refractivity contribution in [3.05, 3.63) is 58.0 Å². The SMILES string of the molecule is Fc1ccc(C(CBr)Cc2ccsc2)cc1. The van der Waals surface area contributed by atoms with E-state index < -0.39 is 0 Å². The minimum absolute atomic E-state index is 0.174. The second-order valence-electron chi connectivity index (χ2n) is 3.74. The third-order valence-corrected chi connectivity index (χ3v) is 4.10. The van der Waals surface area contributed by atoms with Crippen LogP contribution in [0, 0.1) is 5.82 Å². The standard InChI is InChI=1S/C13H12BrFS/c14-8-12(7-10-5-6-16-9-10)11-1-3-13(15)4-2-11/h1-6,9,12H,7-8H2. The van der Waals surface area contributed by atoms with Crippen LogP contribution in [0.3, 0.4) is 0 Å². The molecule has 0 saturated carbocycles. The van der Waals surface area contributed by atoms with Gasteiger partial charge in [0, 0.05) is 5.33 Å². The zero-order valence-corrected chi connectivity index (χ0v) is 11.1. The van der Waals surface area contributed by atoms with E-state index in [-0.39, 0.29) is 5.82 Å². The molecule has 0 spiro atoms. The zero-order valence-electron chi connectivity index (χ0n) is 8.70. The van der Waals surface area contributed by atoms with E-state index in [0.29, 0.717) is 5.92 Å². The maximum absolute atomic E-state index is 12.8. The number of hydrogen-bond donors (Lipinski definition) is 0. The molecule has 0 aliphatic rings. The van der Waals surface area contributed by atoms with E-state index in [2.05, 4.69) is 32.8 Å². The highest BCUT2D eigenvalue weighted by atomic mass is 79.9. The monoisotopic (exact) mass is 298 g/mol. The van der Waals surface area contributed by atoms with Crippen LogP contribution in [-0.4, -0.2) is 5.33 Å². The molecule has 2 rings (SSSR count). The molecule has 0 nitrogen and oxygen atoms in total. The largest absolute Gasteiger partial charge is 0.207 e. The third kappa shape index (κ3) is 2.92. The van der Waals surface area contributed by atoms with Crippen LogP contribution < -0.4 is 0 Å². The van der Waals surface area contributed by atoms with Gasteiger partial charge in [-0.1, -0.05) is 28.1 Å². The van der Waals surface area contributed by atoms with Crippen LogP contribution in [0.25, 0.3) is 0 Å². The molecule has 1 aromatic heterocycles. The molecule has 3 heteroatoms. The molecule has 16 heavy (non-hydrogen) atoms. The van der Waals surface area contributed by atoms with Gasteiger partial charge in [0.1, 0.15) is 5.82 Å². The van der Waals surface area contributed by atoms with Crippen molar-refractivity contribution in [1.29, 1.82) is 0 Å². The van der Waals surface area contributed by atoms with Crippen molar-refractivity contribution in [2.45, 2.75) is 12.3 Å². The number of thiophene rings is 1. The predicted molar refractivity (Wildman–Crippen MR) is 71.0 cm³/mol. The lowest BCUT2D eigenvalue weighted by Gasteiger charge is -2.13. The molecule has 0 aliphatic carbocycles. The molecule has 84 valence electrons. The van der Waals surface area contributed by atoms with Crippen LogP contribution in [0.4, 0.5) is 4.39 Å². The molecule has 1 atom stereocenters. The normalized spacial score (nSPS) is 12.6. The molecule has 0 saturated heterocycles. The van der Waals surface area contributed by atoms with Gasteiger partial charge in [0.2, 0.25) is 0 Å². The topological polar surface area (TPSA) is 0 Å². The maximum Gasteiger partial charge on any atom is 0.123 e. The molecular weight excluding hydrogens is 287 g/mol. The van der Waals surface area contributed by atoms with Crippen LogP contribution in [0.5, 0.6) is 0 Å². The van der Waals surface area contributed by atoms with E-state index in [0.717, 1.165) is 11.8 Å². The van der Waals surface area contributed by atoms with Gasteiger partial charge < -0.3 is 0 Å². The van der Waals surface area contributed by atoms with Gasteiger partial charge in [-0.25, -0.2) is 4.39 Å². The second-order valence-corrected chi connectivity index (χ2v) is 5.17. The Morgan fingerprint density at radius 3 is 2.50 bits per heavy atom. The first kappa shape index (κ1) is 11.8. The molecule has 0 aliphatic heterocycles. The van der Waals surface area contributed by atoms with E-state index >= 15 is 0 Å². The van der Waals surface area contributed by atoms with Crippen molar-refractivity contribution < 1.29 is 4.39 Å². The fourth-order valence-electron chi connectivity index (χ4n) is 1.69. The summed E-state index contributed by atoms with van der Waals surface area (Å²) in [4.78, 5) is 0. The van der Waals surface area contributed by atoms with E-state index in [9.17, 15) is 4.39 Å². The summed E-state index contributed by atoms with van der Waals surface area (Å²) in [5.41, 5.74) is 2.53. The smallest absolute Gasteiger partial charge is 0.123 e. The summed E-state index contributed by atoms with van der Waals surface area (Å²) in [6.45, 7) is 0. The van der Waals surface area contributed by atoms with Crippen LogP contribution in [-0.2, 0) is 6.42 Å². The van der Waals surface area contributed by atoms with Crippen molar-refractivity contribution >= 4 is 27.3 Å². The average Bonchev–Trinajstić information content (AvgIpc) is 2.80. The molecule has 0 radical (unpaired) electrons. The Morgan fingerprint density at radius 2 is 1.94 bits per heavy atom. The quantitative estimate of drug-likeness (QED) is 0.723. The van der Waals surface area contributed by atoms with Gasteiger partial charge in [-0.05, 0) is 52.4 Å². The van der Waals surface area contributed by atoms with E-state index in [1.807, 2.05) is 12.1 Å². The van der Waals surface area contributed by atoms with Crippen molar-refractivity contribution in [2.24, 2.45) is 0 Å². The first-order valence-corrected chi connectivity index (χ1v) is 7.18. The predicted octanol–water partition coefficient (Wildman–Crippen LogP) is 4.61. The summed E-state index contributed by atoms with van der Waals surface area (Å²) < 4.78 is 12.8. The molecule has 2 aromatic rings. The molecule has 1 unspecified atom stereocenters. The zero-order chi connectivity index (χ0) is 11.4. The van der Waals surface area contributed by atoms with Crippen molar-refractivity contribution in [3.8, 4) is 0 Å².